The zero-order valence-corrected chi connectivity index (χ0v) is 17.5. The molecule has 7 nitrogen and oxygen atoms in total. The Morgan fingerprint density at radius 2 is 1.54 bits per heavy atom. The first-order valence-corrected chi connectivity index (χ1v) is 10.7. The number of benzene rings is 2. The van der Waals surface area contributed by atoms with Crippen LogP contribution in [0.3, 0.4) is 0 Å². The molecule has 0 aromatic heterocycles. The molecule has 0 atom stereocenters. The molecule has 0 aliphatic heterocycles. The second-order valence-electron chi connectivity index (χ2n) is 6.09. The number of nitrogens with zero attached hydrogens (tertiary/aromatic N) is 1. The number of hydrogen-bond donors (Lipinski definition) is 2. The zero-order chi connectivity index (χ0) is 20.9. The summed E-state index contributed by atoms with van der Waals surface area (Å²) >= 11 is 11.8. The van der Waals surface area contributed by atoms with E-state index in [1.165, 1.54) is 6.92 Å². The Balaban J connectivity index is 2.06. The highest BCUT2D eigenvalue weighted by molar-refractivity contribution is 7.88. The standard InChI is InChI=1S/C18H19Cl2N3O4S/c1-12(24)21-14-4-6-15(7-5-14)22-18(25)11-23(28(2,26)27)10-13-3-8-16(19)17(20)9-13/h3-9H,10-11H2,1-2H3,(H,21,24)(H,22,25). The summed E-state index contributed by atoms with van der Waals surface area (Å²) in [7, 11) is -3.64. The van der Waals surface area contributed by atoms with Crippen LogP contribution in [-0.4, -0.2) is 37.3 Å². The highest BCUT2D eigenvalue weighted by Crippen LogP contribution is 2.23. The monoisotopic (exact) mass is 443 g/mol. The van der Waals surface area contributed by atoms with E-state index in [0.29, 0.717) is 27.0 Å². The lowest BCUT2D eigenvalue weighted by Gasteiger charge is -2.20. The summed E-state index contributed by atoms with van der Waals surface area (Å²) in [5, 5.41) is 5.90. The van der Waals surface area contributed by atoms with Crippen LogP contribution in [0.1, 0.15) is 12.5 Å². The minimum absolute atomic E-state index is 0.0232. The number of hydrogen-bond acceptors (Lipinski definition) is 4. The average molecular weight is 444 g/mol. The molecule has 2 amide bonds. The normalized spacial score (nSPS) is 11.3. The molecule has 150 valence electrons. The molecule has 2 aromatic rings. The van der Waals surface area contributed by atoms with Crippen molar-refractivity contribution < 1.29 is 18.0 Å². The molecule has 2 N–H and O–H groups in total. The molecule has 0 aliphatic carbocycles. The molecular weight excluding hydrogens is 425 g/mol. The summed E-state index contributed by atoms with van der Waals surface area (Å²) in [6.07, 6.45) is 1.03. The van der Waals surface area contributed by atoms with Gasteiger partial charge in [0.05, 0.1) is 22.8 Å². The molecule has 0 fully saturated rings. The molecule has 28 heavy (non-hydrogen) atoms. The summed E-state index contributed by atoms with van der Waals surface area (Å²) in [6, 6.07) is 11.2. The van der Waals surface area contributed by atoms with Crippen LogP contribution in [0.15, 0.2) is 42.5 Å². The number of sulfonamides is 1. The van der Waals surface area contributed by atoms with Gasteiger partial charge in [-0.15, -0.1) is 0 Å². The van der Waals surface area contributed by atoms with E-state index >= 15 is 0 Å². The van der Waals surface area contributed by atoms with Crippen molar-refractivity contribution in [1.82, 2.24) is 4.31 Å². The van der Waals surface area contributed by atoms with Crippen LogP contribution >= 0.6 is 23.2 Å². The Bertz CT molecular complexity index is 979. The number of carbonyl (C=O) groups is 2. The Labute approximate surface area is 173 Å². The first kappa shape index (κ1) is 22.2. The lowest BCUT2D eigenvalue weighted by molar-refractivity contribution is -0.116. The third-order valence-electron chi connectivity index (χ3n) is 3.62. The summed E-state index contributed by atoms with van der Waals surface area (Å²) in [6.45, 7) is 1.00. The van der Waals surface area contributed by atoms with Crippen molar-refractivity contribution in [2.24, 2.45) is 0 Å². The number of nitrogens with one attached hydrogen (secondary N) is 2. The SMILES string of the molecule is CC(=O)Nc1ccc(NC(=O)CN(Cc2ccc(Cl)c(Cl)c2)S(C)(=O)=O)cc1. The molecule has 2 aromatic carbocycles. The summed E-state index contributed by atoms with van der Waals surface area (Å²) in [5.41, 5.74) is 1.66. The van der Waals surface area contributed by atoms with Crippen molar-refractivity contribution >= 4 is 56.4 Å². The molecule has 0 aliphatic rings. The van der Waals surface area contributed by atoms with Gasteiger partial charge in [-0.2, -0.15) is 4.31 Å². The van der Waals surface area contributed by atoms with Crippen LogP contribution in [0.5, 0.6) is 0 Å². The van der Waals surface area contributed by atoms with Crippen molar-refractivity contribution in [3.8, 4) is 0 Å². The van der Waals surface area contributed by atoms with E-state index in [9.17, 15) is 18.0 Å². The number of rotatable bonds is 7. The van der Waals surface area contributed by atoms with E-state index in [0.717, 1.165) is 10.6 Å². The summed E-state index contributed by atoms with van der Waals surface area (Å²) in [5.74, 6) is -0.708. The summed E-state index contributed by atoms with van der Waals surface area (Å²) < 4.78 is 25.2. The quantitative estimate of drug-likeness (QED) is 0.685. The molecule has 0 spiro atoms. The highest BCUT2D eigenvalue weighted by atomic mass is 35.5. The minimum atomic E-state index is -3.64. The Kier molecular flexibility index (Phi) is 7.42. The molecule has 0 saturated heterocycles. The van der Waals surface area contributed by atoms with Crippen molar-refractivity contribution in [3.05, 3.63) is 58.1 Å². The van der Waals surface area contributed by atoms with Gasteiger partial charge in [0, 0.05) is 24.8 Å². The van der Waals surface area contributed by atoms with Crippen molar-refractivity contribution in [2.75, 3.05) is 23.4 Å². The predicted octanol–water partition coefficient (Wildman–Crippen LogP) is 3.35. The fourth-order valence-corrected chi connectivity index (χ4v) is 3.39. The first-order chi connectivity index (χ1) is 13.0. The number of carbonyl (C=O) groups excluding carboxylic acids is 2. The summed E-state index contributed by atoms with van der Waals surface area (Å²) in [4.78, 5) is 23.3. The topological polar surface area (TPSA) is 95.6 Å². The molecule has 2 rings (SSSR count). The third kappa shape index (κ3) is 6.79. The van der Waals surface area contributed by atoms with Crippen molar-refractivity contribution in [1.29, 1.82) is 0 Å². The van der Waals surface area contributed by atoms with E-state index in [1.54, 1.807) is 42.5 Å². The van der Waals surface area contributed by atoms with Crippen molar-refractivity contribution in [3.63, 3.8) is 0 Å². The van der Waals surface area contributed by atoms with Gasteiger partial charge in [-0.1, -0.05) is 29.3 Å². The van der Waals surface area contributed by atoms with E-state index in [2.05, 4.69) is 10.6 Å². The minimum Gasteiger partial charge on any atom is -0.326 e. The van der Waals surface area contributed by atoms with E-state index in [-0.39, 0.29) is 19.0 Å². The average Bonchev–Trinajstić information content (AvgIpc) is 2.58. The lowest BCUT2D eigenvalue weighted by Crippen LogP contribution is -2.36. The maximum Gasteiger partial charge on any atom is 0.239 e. The molecule has 0 heterocycles. The predicted molar refractivity (Wildman–Crippen MR) is 111 cm³/mol. The van der Waals surface area contributed by atoms with Crippen LogP contribution in [0.4, 0.5) is 11.4 Å². The van der Waals surface area contributed by atoms with Crippen molar-refractivity contribution in [2.45, 2.75) is 13.5 Å². The van der Waals surface area contributed by atoms with E-state index < -0.39 is 15.9 Å². The number of anilines is 2. The van der Waals surface area contributed by atoms with Gasteiger partial charge >= 0.3 is 0 Å². The van der Waals surface area contributed by atoms with Gasteiger partial charge in [0.25, 0.3) is 0 Å². The molecule has 0 unspecified atom stereocenters. The molecule has 0 bridgehead atoms. The van der Waals surface area contributed by atoms with Crippen LogP contribution in [0, 0.1) is 0 Å². The Morgan fingerprint density at radius 1 is 0.964 bits per heavy atom. The zero-order valence-electron chi connectivity index (χ0n) is 15.2. The van der Waals surface area contributed by atoms with Gasteiger partial charge in [-0.3, -0.25) is 9.59 Å². The second-order valence-corrected chi connectivity index (χ2v) is 8.88. The van der Waals surface area contributed by atoms with Gasteiger partial charge in [-0.25, -0.2) is 8.42 Å². The molecule has 10 heteroatoms. The van der Waals surface area contributed by atoms with Gasteiger partial charge in [0.1, 0.15) is 0 Å². The largest absolute Gasteiger partial charge is 0.326 e. The van der Waals surface area contributed by atoms with Crippen LogP contribution in [0.2, 0.25) is 10.0 Å². The van der Waals surface area contributed by atoms with Crippen LogP contribution in [-0.2, 0) is 26.2 Å². The van der Waals surface area contributed by atoms with Gasteiger partial charge in [0.15, 0.2) is 0 Å². The number of amides is 2. The highest BCUT2D eigenvalue weighted by Gasteiger charge is 2.21. The fraction of sp³-hybridized carbons (Fsp3) is 0.222. The Morgan fingerprint density at radius 3 is 2.04 bits per heavy atom. The lowest BCUT2D eigenvalue weighted by atomic mass is 10.2. The molecule has 0 saturated carbocycles. The Hall–Kier alpha value is -2.13. The van der Waals surface area contributed by atoms with Gasteiger partial charge in [-0.05, 0) is 42.0 Å². The third-order valence-corrected chi connectivity index (χ3v) is 5.56. The maximum absolute atomic E-state index is 12.3. The van der Waals surface area contributed by atoms with E-state index in [1.807, 2.05) is 0 Å². The van der Waals surface area contributed by atoms with Gasteiger partial charge in [0.2, 0.25) is 21.8 Å². The molecule has 0 radical (unpaired) electrons. The first-order valence-electron chi connectivity index (χ1n) is 8.11. The smallest absolute Gasteiger partial charge is 0.239 e. The van der Waals surface area contributed by atoms with Gasteiger partial charge < -0.3 is 10.6 Å². The second kappa shape index (κ2) is 9.38. The van der Waals surface area contributed by atoms with Crippen LogP contribution in [0.25, 0.3) is 0 Å². The van der Waals surface area contributed by atoms with E-state index in [4.69, 9.17) is 23.2 Å². The fourth-order valence-electron chi connectivity index (χ4n) is 2.33. The number of halogens is 2. The van der Waals surface area contributed by atoms with Crippen LogP contribution < -0.4 is 10.6 Å². The maximum atomic E-state index is 12.3. The molecular formula is C18H19Cl2N3O4S.